The molecule has 0 radical (unpaired) electrons. The first-order chi connectivity index (χ1) is 13.3. The second-order valence-electron chi connectivity index (χ2n) is 7.07. The van der Waals surface area contributed by atoms with Crippen molar-refractivity contribution in [2.24, 2.45) is 5.92 Å². The van der Waals surface area contributed by atoms with E-state index in [1.54, 1.807) is 0 Å². The lowest BCUT2D eigenvalue weighted by Gasteiger charge is -2.23. The maximum atomic E-state index is 13.0. The van der Waals surface area contributed by atoms with Crippen LogP contribution in [0.25, 0.3) is 11.0 Å². The van der Waals surface area contributed by atoms with Crippen molar-refractivity contribution in [1.82, 2.24) is 20.6 Å². The third-order valence-electron chi connectivity index (χ3n) is 4.52. The lowest BCUT2D eigenvalue weighted by atomic mass is 10.0. The van der Waals surface area contributed by atoms with E-state index in [4.69, 9.17) is 0 Å². The van der Waals surface area contributed by atoms with Crippen LogP contribution in [-0.2, 0) is 4.79 Å². The average molecular weight is 382 g/mol. The van der Waals surface area contributed by atoms with Crippen molar-refractivity contribution < 1.29 is 14.0 Å². The van der Waals surface area contributed by atoms with Gasteiger partial charge in [0, 0.05) is 5.56 Å². The molecule has 2 amide bonds. The summed E-state index contributed by atoms with van der Waals surface area (Å²) in [6.45, 7) is 5.52. The zero-order chi connectivity index (χ0) is 20.3. The predicted molar refractivity (Wildman–Crippen MR) is 105 cm³/mol. The second-order valence-corrected chi connectivity index (χ2v) is 7.07. The molecule has 1 aromatic heterocycles. The van der Waals surface area contributed by atoms with Crippen LogP contribution in [0.4, 0.5) is 4.39 Å². The highest BCUT2D eigenvalue weighted by molar-refractivity contribution is 5.97. The summed E-state index contributed by atoms with van der Waals surface area (Å²) in [7, 11) is 0. The van der Waals surface area contributed by atoms with E-state index < -0.39 is 17.8 Å². The molecule has 0 saturated carbocycles. The molecule has 0 saturated heterocycles. The number of carbonyl (C=O) groups is 2. The number of nitrogens with one attached hydrogen (secondary N) is 3. The minimum Gasteiger partial charge on any atom is -0.345 e. The van der Waals surface area contributed by atoms with Crippen LogP contribution in [-0.4, -0.2) is 27.8 Å². The van der Waals surface area contributed by atoms with Crippen LogP contribution in [0, 0.1) is 11.7 Å². The molecule has 0 bridgehead atoms. The average Bonchev–Trinajstić information content (AvgIpc) is 3.10. The zero-order valence-electron chi connectivity index (χ0n) is 16.0. The topological polar surface area (TPSA) is 86.9 Å². The van der Waals surface area contributed by atoms with Gasteiger partial charge < -0.3 is 15.6 Å². The third kappa shape index (κ3) is 4.36. The summed E-state index contributed by atoms with van der Waals surface area (Å²) in [5.41, 5.74) is 2.01. The number of benzene rings is 2. The fraction of sp³-hybridized carbons (Fsp3) is 0.286. The molecule has 2 atom stereocenters. The van der Waals surface area contributed by atoms with Gasteiger partial charge in [0.2, 0.25) is 5.91 Å². The molecule has 28 heavy (non-hydrogen) atoms. The first-order valence-electron chi connectivity index (χ1n) is 9.16. The van der Waals surface area contributed by atoms with Gasteiger partial charge in [-0.1, -0.05) is 26.0 Å². The number of aromatic nitrogens is 2. The Bertz CT molecular complexity index is 948. The molecule has 2 unspecified atom stereocenters. The first-order valence-corrected chi connectivity index (χ1v) is 9.16. The van der Waals surface area contributed by atoms with Crippen molar-refractivity contribution in [3.05, 3.63) is 65.7 Å². The number of halogens is 1. The number of rotatable bonds is 6. The Morgan fingerprint density at radius 2 is 1.68 bits per heavy atom. The number of amides is 2. The summed E-state index contributed by atoms with van der Waals surface area (Å²) < 4.78 is 13.0. The van der Waals surface area contributed by atoms with E-state index in [-0.39, 0.29) is 17.9 Å². The molecule has 6 nitrogen and oxygen atoms in total. The lowest BCUT2D eigenvalue weighted by molar-refractivity contribution is -0.124. The fourth-order valence-corrected chi connectivity index (χ4v) is 2.91. The number of aromatic amines is 1. The molecule has 3 rings (SSSR count). The van der Waals surface area contributed by atoms with E-state index in [0.29, 0.717) is 11.4 Å². The molecule has 146 valence electrons. The Kier molecular flexibility index (Phi) is 5.73. The molecule has 3 N–H and O–H groups in total. The van der Waals surface area contributed by atoms with Crippen LogP contribution in [0.15, 0.2) is 48.5 Å². The minimum atomic E-state index is -0.732. The van der Waals surface area contributed by atoms with Crippen molar-refractivity contribution in [3.63, 3.8) is 0 Å². The summed E-state index contributed by atoms with van der Waals surface area (Å²) in [4.78, 5) is 32.9. The highest BCUT2D eigenvalue weighted by Crippen LogP contribution is 2.16. The normalized spacial score (nSPS) is 13.3. The molecular formula is C21H23FN4O2. The summed E-state index contributed by atoms with van der Waals surface area (Å²) in [6, 6.07) is 11.7. The Morgan fingerprint density at radius 1 is 1.00 bits per heavy atom. The van der Waals surface area contributed by atoms with E-state index in [9.17, 15) is 14.0 Å². The Labute approximate surface area is 162 Å². The number of hydrogen-bond acceptors (Lipinski definition) is 3. The quantitative estimate of drug-likeness (QED) is 0.611. The van der Waals surface area contributed by atoms with Crippen LogP contribution in [0.3, 0.4) is 0 Å². The van der Waals surface area contributed by atoms with Crippen LogP contribution in [0.2, 0.25) is 0 Å². The standard InChI is InChI=1S/C21H23FN4O2/c1-12(2)18(26-20(27)14-8-10-15(22)11-9-14)21(28)23-13(3)19-24-16-6-4-5-7-17(16)25-19/h4-13,18H,1-3H3,(H,23,28)(H,24,25)(H,26,27). The monoisotopic (exact) mass is 382 g/mol. The van der Waals surface area contributed by atoms with Gasteiger partial charge >= 0.3 is 0 Å². The van der Waals surface area contributed by atoms with E-state index in [1.807, 2.05) is 45.0 Å². The summed E-state index contributed by atoms with van der Waals surface area (Å²) >= 11 is 0. The molecule has 3 aromatic rings. The number of hydrogen-bond donors (Lipinski definition) is 3. The molecular weight excluding hydrogens is 359 g/mol. The van der Waals surface area contributed by atoms with Crippen molar-refractivity contribution in [1.29, 1.82) is 0 Å². The molecule has 2 aromatic carbocycles. The molecule has 7 heteroatoms. The number of imidazole rings is 1. The Balaban J connectivity index is 1.69. The van der Waals surface area contributed by atoms with Crippen LogP contribution < -0.4 is 10.6 Å². The van der Waals surface area contributed by atoms with Crippen molar-refractivity contribution in [3.8, 4) is 0 Å². The molecule has 0 aliphatic rings. The van der Waals surface area contributed by atoms with Gasteiger partial charge in [0.15, 0.2) is 0 Å². The molecule has 0 spiro atoms. The lowest BCUT2D eigenvalue weighted by Crippen LogP contribution is -2.50. The van der Waals surface area contributed by atoms with E-state index in [2.05, 4.69) is 20.6 Å². The molecule has 0 aliphatic heterocycles. The number of para-hydroxylation sites is 2. The summed E-state index contributed by atoms with van der Waals surface area (Å²) in [6.07, 6.45) is 0. The van der Waals surface area contributed by atoms with Crippen LogP contribution in [0.1, 0.15) is 43.0 Å². The number of nitrogens with zero attached hydrogens (tertiary/aromatic N) is 1. The van der Waals surface area contributed by atoms with Crippen molar-refractivity contribution in [2.75, 3.05) is 0 Å². The van der Waals surface area contributed by atoms with Gasteiger partial charge in [0.25, 0.3) is 5.91 Å². The van der Waals surface area contributed by atoms with Gasteiger partial charge in [-0.3, -0.25) is 9.59 Å². The maximum absolute atomic E-state index is 13.0. The van der Waals surface area contributed by atoms with E-state index >= 15 is 0 Å². The van der Waals surface area contributed by atoms with Crippen molar-refractivity contribution in [2.45, 2.75) is 32.9 Å². The third-order valence-corrected chi connectivity index (χ3v) is 4.52. The molecule has 1 heterocycles. The Hall–Kier alpha value is -3.22. The van der Waals surface area contributed by atoms with Gasteiger partial charge in [0.1, 0.15) is 17.7 Å². The summed E-state index contributed by atoms with van der Waals surface area (Å²) in [5, 5.41) is 5.63. The van der Waals surface area contributed by atoms with Gasteiger partial charge in [0.05, 0.1) is 17.1 Å². The number of H-pyrrole nitrogens is 1. The highest BCUT2D eigenvalue weighted by Gasteiger charge is 2.26. The summed E-state index contributed by atoms with van der Waals surface area (Å²) in [5.74, 6) is -0.646. The van der Waals surface area contributed by atoms with Gasteiger partial charge in [-0.2, -0.15) is 0 Å². The fourth-order valence-electron chi connectivity index (χ4n) is 2.91. The van der Waals surface area contributed by atoms with Crippen LogP contribution >= 0.6 is 0 Å². The predicted octanol–water partition coefficient (Wildman–Crippen LogP) is 3.33. The highest BCUT2D eigenvalue weighted by atomic mass is 19.1. The molecule has 0 aliphatic carbocycles. The number of fused-ring (bicyclic) bond motifs is 1. The largest absolute Gasteiger partial charge is 0.345 e. The van der Waals surface area contributed by atoms with Gasteiger partial charge in [-0.05, 0) is 49.2 Å². The molecule has 0 fully saturated rings. The minimum absolute atomic E-state index is 0.132. The van der Waals surface area contributed by atoms with Crippen LogP contribution in [0.5, 0.6) is 0 Å². The van der Waals surface area contributed by atoms with E-state index in [1.165, 1.54) is 24.3 Å². The SMILES string of the molecule is CC(NC(=O)C(NC(=O)c1ccc(F)cc1)C(C)C)c1nc2ccccc2[nH]1. The van der Waals surface area contributed by atoms with Gasteiger partial charge in [-0.25, -0.2) is 9.37 Å². The van der Waals surface area contributed by atoms with E-state index in [0.717, 1.165) is 11.0 Å². The van der Waals surface area contributed by atoms with Gasteiger partial charge in [-0.15, -0.1) is 0 Å². The smallest absolute Gasteiger partial charge is 0.251 e. The second kappa shape index (κ2) is 8.21. The zero-order valence-corrected chi connectivity index (χ0v) is 16.0. The first kappa shape index (κ1) is 19.5. The maximum Gasteiger partial charge on any atom is 0.251 e. The van der Waals surface area contributed by atoms with Crippen molar-refractivity contribution >= 4 is 22.8 Å². The Morgan fingerprint density at radius 3 is 2.32 bits per heavy atom. The number of carbonyl (C=O) groups excluding carboxylic acids is 2.